The molecule has 0 aromatic heterocycles. The molecule has 57 valence electrons. The van der Waals surface area contributed by atoms with E-state index in [-0.39, 0.29) is 6.61 Å². The van der Waals surface area contributed by atoms with Crippen molar-refractivity contribution in [3.63, 3.8) is 0 Å². The zero-order valence-corrected chi connectivity index (χ0v) is 6.64. The summed E-state index contributed by atoms with van der Waals surface area (Å²) in [5.74, 6) is 0. The Labute approximate surface area is 70.6 Å². The molecule has 1 aromatic carbocycles. The lowest BCUT2D eigenvalue weighted by molar-refractivity contribution is 0.169. The molecule has 0 aliphatic carbocycles. The van der Waals surface area contributed by atoms with Crippen LogP contribution in [-0.2, 0) is 11.3 Å². The van der Waals surface area contributed by atoms with Gasteiger partial charge < -0.3 is 4.74 Å². The molecule has 0 fully saturated rings. The first-order valence-corrected chi connectivity index (χ1v) is 3.57. The van der Waals surface area contributed by atoms with Crippen molar-refractivity contribution in [3.05, 3.63) is 35.9 Å². The maximum atomic E-state index is 10.2. The van der Waals surface area contributed by atoms with E-state index in [1.54, 1.807) is 0 Å². The molecule has 1 radical (unpaired) electrons. The monoisotopic (exact) mass is 167 g/mol. The Hall–Kier alpha value is -1.09. The first kappa shape index (κ1) is 8.01. The van der Waals surface area contributed by atoms with E-state index in [4.69, 9.17) is 0 Å². The van der Waals surface area contributed by atoms with Crippen molar-refractivity contribution in [3.8, 4) is 0 Å². The van der Waals surface area contributed by atoms with Crippen LogP contribution < -0.4 is 0 Å². The fourth-order valence-corrected chi connectivity index (χ4v) is 0.775. The van der Waals surface area contributed by atoms with E-state index in [2.05, 4.69) is 17.4 Å². The van der Waals surface area contributed by atoms with E-state index in [1.165, 1.54) is 0 Å². The number of hydrogen-bond donors (Lipinski definition) is 0. The molecular weight excluding hydrogens is 160 g/mol. The highest BCUT2D eigenvalue weighted by molar-refractivity contribution is 7.96. The van der Waals surface area contributed by atoms with Gasteiger partial charge in [-0.2, -0.15) is 0 Å². The van der Waals surface area contributed by atoms with Gasteiger partial charge in [-0.15, -0.1) is 0 Å². The van der Waals surface area contributed by atoms with E-state index >= 15 is 0 Å². The van der Waals surface area contributed by atoms with Crippen LogP contribution >= 0.6 is 12.6 Å². The van der Waals surface area contributed by atoms with E-state index in [1.807, 2.05) is 30.3 Å². The zero-order valence-electron chi connectivity index (χ0n) is 5.82. The number of carbonyl (C=O) groups is 1. The fraction of sp³-hybridized carbons (Fsp3) is 0.125. The van der Waals surface area contributed by atoms with Gasteiger partial charge in [0.25, 0.3) is 0 Å². The van der Waals surface area contributed by atoms with Gasteiger partial charge in [0.1, 0.15) is 6.61 Å². The van der Waals surface area contributed by atoms with Crippen molar-refractivity contribution < 1.29 is 9.53 Å². The maximum absolute atomic E-state index is 10.2. The van der Waals surface area contributed by atoms with Crippen LogP contribution in [0.1, 0.15) is 5.56 Å². The van der Waals surface area contributed by atoms with Crippen LogP contribution in [0.25, 0.3) is 0 Å². The first-order chi connectivity index (χ1) is 5.29. The third-order valence-corrected chi connectivity index (χ3v) is 1.32. The number of benzene rings is 1. The summed E-state index contributed by atoms with van der Waals surface area (Å²) in [7, 11) is 0. The largest absolute Gasteiger partial charge is 0.449 e. The Morgan fingerprint density at radius 1 is 1.36 bits per heavy atom. The van der Waals surface area contributed by atoms with Gasteiger partial charge in [-0.05, 0) is 5.56 Å². The Morgan fingerprint density at radius 2 is 2.00 bits per heavy atom. The van der Waals surface area contributed by atoms with Crippen LogP contribution in [0.3, 0.4) is 0 Å². The summed E-state index contributed by atoms with van der Waals surface area (Å²) in [4.78, 5) is 10.2. The zero-order chi connectivity index (χ0) is 8.10. The van der Waals surface area contributed by atoms with Gasteiger partial charge in [0.15, 0.2) is 0 Å². The summed E-state index contributed by atoms with van der Waals surface area (Å²) < 4.78 is 4.60. The van der Waals surface area contributed by atoms with Gasteiger partial charge in [-0.25, -0.2) is 4.79 Å². The second-order valence-electron chi connectivity index (χ2n) is 2.02. The summed E-state index contributed by atoms with van der Waals surface area (Å²) >= 11 is 4.22. The molecule has 0 saturated heterocycles. The molecule has 0 atom stereocenters. The molecule has 0 unspecified atom stereocenters. The predicted molar refractivity (Wildman–Crippen MR) is 44.2 cm³/mol. The molecule has 3 heteroatoms. The molecule has 0 spiro atoms. The topological polar surface area (TPSA) is 26.3 Å². The number of hydrogen-bond acceptors (Lipinski definition) is 2. The maximum Gasteiger partial charge on any atom is 0.400 e. The van der Waals surface area contributed by atoms with Crippen LogP contribution in [0.5, 0.6) is 0 Å². The molecule has 1 rings (SSSR count). The minimum Gasteiger partial charge on any atom is -0.449 e. The first-order valence-electron chi connectivity index (χ1n) is 3.17. The summed E-state index contributed by atoms with van der Waals surface area (Å²) in [6.45, 7) is 0.267. The van der Waals surface area contributed by atoms with Gasteiger partial charge in [-0.1, -0.05) is 30.3 Å². The van der Waals surface area contributed by atoms with Crippen LogP contribution in [-0.4, -0.2) is 5.30 Å². The molecule has 1 aromatic rings. The molecule has 0 bridgehead atoms. The number of ether oxygens (including phenoxy) is 1. The van der Waals surface area contributed by atoms with Crippen LogP contribution in [0.2, 0.25) is 0 Å². The van der Waals surface area contributed by atoms with Crippen molar-refractivity contribution >= 4 is 17.9 Å². The second kappa shape index (κ2) is 3.93. The molecule has 0 N–H and O–H groups in total. The molecule has 0 amide bonds. The van der Waals surface area contributed by atoms with E-state index in [9.17, 15) is 4.79 Å². The average molecular weight is 167 g/mol. The average Bonchev–Trinajstić information content (AvgIpc) is 2.03. The summed E-state index contributed by atoms with van der Waals surface area (Å²) in [5.41, 5.74) is 0.950. The molecule has 0 aliphatic heterocycles. The molecular formula is C8H7O2S. The van der Waals surface area contributed by atoms with Crippen molar-refractivity contribution in [1.82, 2.24) is 0 Å². The predicted octanol–water partition coefficient (Wildman–Crippen LogP) is 2.52. The quantitative estimate of drug-likeness (QED) is 0.632. The highest BCUT2D eigenvalue weighted by Gasteiger charge is 1.95. The molecule has 2 nitrogen and oxygen atoms in total. The summed E-state index contributed by atoms with van der Waals surface area (Å²) in [6.07, 6.45) is 0. The normalized spacial score (nSPS) is 9.09. The van der Waals surface area contributed by atoms with E-state index < -0.39 is 5.30 Å². The Kier molecular flexibility index (Phi) is 2.86. The van der Waals surface area contributed by atoms with Gasteiger partial charge in [0.05, 0.1) is 0 Å². The van der Waals surface area contributed by atoms with Gasteiger partial charge in [0.2, 0.25) is 0 Å². The van der Waals surface area contributed by atoms with Crippen LogP contribution in [0.4, 0.5) is 4.79 Å². The fourth-order valence-electron chi connectivity index (χ4n) is 0.716. The highest BCUT2D eigenvalue weighted by atomic mass is 32.1. The van der Waals surface area contributed by atoms with Crippen LogP contribution in [0.15, 0.2) is 30.3 Å². The second-order valence-corrected chi connectivity index (χ2v) is 2.36. The number of rotatable bonds is 2. The molecule has 0 heterocycles. The van der Waals surface area contributed by atoms with Crippen LogP contribution in [0, 0.1) is 0 Å². The lowest BCUT2D eigenvalue weighted by Gasteiger charge is -1.98. The van der Waals surface area contributed by atoms with Crippen molar-refractivity contribution in [2.75, 3.05) is 0 Å². The SMILES string of the molecule is O=C([S])OCc1ccccc1. The molecule has 0 aliphatic rings. The van der Waals surface area contributed by atoms with Crippen molar-refractivity contribution in [2.45, 2.75) is 6.61 Å². The van der Waals surface area contributed by atoms with Crippen molar-refractivity contribution in [2.24, 2.45) is 0 Å². The Morgan fingerprint density at radius 3 is 2.55 bits per heavy atom. The minimum absolute atomic E-state index is 0.267. The molecule has 0 saturated carbocycles. The Balaban J connectivity index is 2.45. The van der Waals surface area contributed by atoms with Gasteiger partial charge in [0, 0.05) is 12.6 Å². The van der Waals surface area contributed by atoms with Gasteiger partial charge in [-0.3, -0.25) is 0 Å². The van der Waals surface area contributed by atoms with Gasteiger partial charge >= 0.3 is 5.30 Å². The minimum atomic E-state index is -0.658. The summed E-state index contributed by atoms with van der Waals surface area (Å²) in [6, 6.07) is 9.41. The molecule has 11 heavy (non-hydrogen) atoms. The number of carbonyl (C=O) groups excluding carboxylic acids is 1. The Bertz CT molecular complexity index is 233. The van der Waals surface area contributed by atoms with E-state index in [0.717, 1.165) is 5.56 Å². The van der Waals surface area contributed by atoms with Crippen molar-refractivity contribution in [1.29, 1.82) is 0 Å². The smallest absolute Gasteiger partial charge is 0.400 e. The van der Waals surface area contributed by atoms with E-state index in [0.29, 0.717) is 0 Å². The summed E-state index contributed by atoms with van der Waals surface area (Å²) in [5, 5.41) is -0.658. The third-order valence-electron chi connectivity index (χ3n) is 1.20. The highest BCUT2D eigenvalue weighted by Crippen LogP contribution is 2.01. The lowest BCUT2D eigenvalue weighted by Crippen LogP contribution is -1.93. The lowest BCUT2D eigenvalue weighted by atomic mass is 10.2. The standard InChI is InChI=1S/C8H7O2S/c9-8(11)10-6-7-4-2-1-3-5-7/h1-5H,6H2. The third kappa shape index (κ3) is 3.00.